The van der Waals surface area contributed by atoms with E-state index >= 15 is 0 Å². The van der Waals surface area contributed by atoms with Crippen molar-refractivity contribution in [2.75, 3.05) is 5.32 Å². The number of carbonyl (C=O) groups is 1. The van der Waals surface area contributed by atoms with Crippen molar-refractivity contribution >= 4 is 11.7 Å². The molecule has 0 radical (unpaired) electrons. The van der Waals surface area contributed by atoms with Gasteiger partial charge in [-0.3, -0.25) is 9.48 Å². The fourth-order valence-electron chi connectivity index (χ4n) is 3.49. The lowest BCUT2D eigenvalue weighted by atomic mass is 9.97. The Morgan fingerprint density at radius 3 is 2.73 bits per heavy atom. The molecule has 1 aliphatic rings. The molecule has 1 amide bonds. The molecule has 26 heavy (non-hydrogen) atoms. The molecule has 1 unspecified atom stereocenters. The Balaban J connectivity index is 1.87. The Bertz CT molecular complexity index is 978. The van der Waals surface area contributed by atoms with Gasteiger partial charge in [0.05, 0.1) is 0 Å². The number of pyridine rings is 1. The number of carbonyl (C=O) groups excluding carboxylic acids is 1. The Labute approximate surface area is 150 Å². The molecule has 5 nitrogen and oxygen atoms in total. The Hall–Kier alpha value is -3.02. The van der Waals surface area contributed by atoms with E-state index < -0.39 is 0 Å². The topological polar surface area (TPSA) is 59.8 Å². The number of amides is 1. The van der Waals surface area contributed by atoms with Gasteiger partial charge in [0.15, 0.2) is 0 Å². The minimum absolute atomic E-state index is 0.165. The molecule has 132 valence electrons. The highest BCUT2D eigenvalue weighted by atomic mass is 19.1. The first-order valence-corrected chi connectivity index (χ1v) is 8.61. The van der Waals surface area contributed by atoms with E-state index in [1.165, 1.54) is 19.1 Å². The molecule has 0 spiro atoms. The number of hydrogen-bond acceptors (Lipinski definition) is 3. The summed E-state index contributed by atoms with van der Waals surface area (Å²) in [6.45, 7) is 4.52. The van der Waals surface area contributed by atoms with Gasteiger partial charge < -0.3 is 5.32 Å². The van der Waals surface area contributed by atoms with Crippen molar-refractivity contribution in [3.05, 3.63) is 54.1 Å². The number of hydrogen-bond donors (Lipinski definition) is 1. The second-order valence-electron chi connectivity index (χ2n) is 6.78. The summed E-state index contributed by atoms with van der Waals surface area (Å²) in [5, 5.41) is 7.52. The molecule has 0 bridgehead atoms. The largest absolute Gasteiger partial charge is 0.311 e. The zero-order valence-electron chi connectivity index (χ0n) is 14.7. The average molecular weight is 350 g/mol. The van der Waals surface area contributed by atoms with E-state index in [9.17, 15) is 9.18 Å². The number of nitrogens with zero attached hydrogens (tertiary/aromatic N) is 3. The van der Waals surface area contributed by atoms with Crippen LogP contribution in [0.4, 0.5) is 10.2 Å². The molecule has 0 saturated carbocycles. The SMILES string of the molecule is CC(=O)Nc1cc(-c2c(-c3ccc(F)cc3)nn3c2CC(C)C3)ccn1. The quantitative estimate of drug-likeness (QED) is 0.779. The van der Waals surface area contributed by atoms with Crippen molar-refractivity contribution in [3.63, 3.8) is 0 Å². The third-order valence-corrected chi connectivity index (χ3v) is 4.55. The third-order valence-electron chi connectivity index (χ3n) is 4.55. The summed E-state index contributed by atoms with van der Waals surface area (Å²) >= 11 is 0. The highest BCUT2D eigenvalue weighted by molar-refractivity contribution is 5.89. The lowest BCUT2D eigenvalue weighted by Crippen LogP contribution is -2.07. The van der Waals surface area contributed by atoms with Crippen LogP contribution in [-0.2, 0) is 17.8 Å². The summed E-state index contributed by atoms with van der Waals surface area (Å²) in [5.74, 6) is 0.594. The fraction of sp³-hybridized carbons (Fsp3) is 0.250. The molecule has 3 aromatic rings. The van der Waals surface area contributed by atoms with Crippen LogP contribution in [0.1, 0.15) is 19.5 Å². The Kier molecular flexibility index (Phi) is 4.03. The molecule has 3 heterocycles. The van der Waals surface area contributed by atoms with Crippen LogP contribution < -0.4 is 5.32 Å². The lowest BCUT2D eigenvalue weighted by Gasteiger charge is -2.08. The van der Waals surface area contributed by atoms with Crippen LogP contribution >= 0.6 is 0 Å². The molecular formula is C20H19FN4O. The van der Waals surface area contributed by atoms with Crippen molar-refractivity contribution in [3.8, 4) is 22.4 Å². The summed E-state index contributed by atoms with van der Waals surface area (Å²) < 4.78 is 15.4. The van der Waals surface area contributed by atoms with Crippen LogP contribution in [0, 0.1) is 11.7 Å². The zero-order chi connectivity index (χ0) is 18.3. The summed E-state index contributed by atoms with van der Waals surface area (Å²) in [7, 11) is 0. The van der Waals surface area contributed by atoms with Gasteiger partial charge in [-0.1, -0.05) is 6.92 Å². The van der Waals surface area contributed by atoms with Gasteiger partial charge in [0.2, 0.25) is 5.91 Å². The highest BCUT2D eigenvalue weighted by Crippen LogP contribution is 2.39. The molecule has 1 atom stereocenters. The van der Waals surface area contributed by atoms with Crippen molar-refractivity contribution in [1.82, 2.24) is 14.8 Å². The fourth-order valence-corrected chi connectivity index (χ4v) is 3.49. The monoisotopic (exact) mass is 350 g/mol. The summed E-state index contributed by atoms with van der Waals surface area (Å²) in [6, 6.07) is 10.2. The van der Waals surface area contributed by atoms with Crippen LogP contribution in [0.5, 0.6) is 0 Å². The van der Waals surface area contributed by atoms with Crippen LogP contribution in [0.3, 0.4) is 0 Å². The molecular weight excluding hydrogens is 331 g/mol. The molecule has 0 aliphatic carbocycles. The van der Waals surface area contributed by atoms with E-state index in [0.29, 0.717) is 11.7 Å². The summed E-state index contributed by atoms with van der Waals surface area (Å²) in [4.78, 5) is 15.6. The van der Waals surface area contributed by atoms with Crippen molar-refractivity contribution in [2.45, 2.75) is 26.8 Å². The number of benzene rings is 1. The standard InChI is InChI=1S/C20H19FN4O/c1-12-9-17-19(15-7-8-22-18(10-15)23-13(2)26)20(24-25(17)11-12)14-3-5-16(21)6-4-14/h3-8,10,12H,9,11H2,1-2H3,(H,22,23,26). The van der Waals surface area contributed by atoms with E-state index in [4.69, 9.17) is 5.10 Å². The van der Waals surface area contributed by atoms with Gasteiger partial charge >= 0.3 is 0 Å². The van der Waals surface area contributed by atoms with E-state index in [0.717, 1.165) is 41.0 Å². The number of halogens is 1. The van der Waals surface area contributed by atoms with Gasteiger partial charge in [0.25, 0.3) is 0 Å². The van der Waals surface area contributed by atoms with Crippen molar-refractivity contribution < 1.29 is 9.18 Å². The summed E-state index contributed by atoms with van der Waals surface area (Å²) in [6.07, 6.45) is 2.61. The second-order valence-corrected chi connectivity index (χ2v) is 6.78. The predicted molar refractivity (Wildman–Crippen MR) is 98.0 cm³/mol. The first-order chi connectivity index (χ1) is 12.5. The molecule has 1 aromatic carbocycles. The Morgan fingerprint density at radius 2 is 2.00 bits per heavy atom. The zero-order valence-corrected chi connectivity index (χ0v) is 14.7. The molecule has 2 aromatic heterocycles. The van der Waals surface area contributed by atoms with E-state index in [1.54, 1.807) is 18.3 Å². The highest BCUT2D eigenvalue weighted by Gasteiger charge is 2.27. The normalized spacial score (nSPS) is 15.7. The van der Waals surface area contributed by atoms with Crippen LogP contribution in [0.15, 0.2) is 42.6 Å². The molecule has 6 heteroatoms. The molecule has 0 fully saturated rings. The number of fused-ring (bicyclic) bond motifs is 1. The van der Waals surface area contributed by atoms with E-state index in [-0.39, 0.29) is 11.7 Å². The molecule has 1 aliphatic heterocycles. The minimum atomic E-state index is -0.271. The predicted octanol–water partition coefficient (Wildman–Crippen LogP) is 3.90. The van der Waals surface area contributed by atoms with Gasteiger partial charge in [-0.15, -0.1) is 0 Å². The minimum Gasteiger partial charge on any atom is -0.311 e. The summed E-state index contributed by atoms with van der Waals surface area (Å²) in [5.41, 5.74) is 4.82. The van der Waals surface area contributed by atoms with E-state index in [1.807, 2.05) is 16.8 Å². The maximum atomic E-state index is 13.3. The molecule has 4 rings (SSSR count). The van der Waals surface area contributed by atoms with Crippen molar-refractivity contribution in [1.29, 1.82) is 0 Å². The van der Waals surface area contributed by atoms with Gasteiger partial charge in [-0.2, -0.15) is 5.10 Å². The van der Waals surface area contributed by atoms with Crippen LogP contribution in [-0.4, -0.2) is 20.7 Å². The van der Waals surface area contributed by atoms with Gasteiger partial charge in [0, 0.05) is 36.5 Å². The van der Waals surface area contributed by atoms with Crippen LogP contribution in [0.25, 0.3) is 22.4 Å². The second kappa shape index (κ2) is 6.37. The smallest absolute Gasteiger partial charge is 0.222 e. The van der Waals surface area contributed by atoms with Crippen LogP contribution in [0.2, 0.25) is 0 Å². The molecule has 0 saturated heterocycles. The number of rotatable bonds is 3. The van der Waals surface area contributed by atoms with Gasteiger partial charge in [-0.25, -0.2) is 9.37 Å². The molecule has 1 N–H and O–H groups in total. The first-order valence-electron chi connectivity index (χ1n) is 8.61. The van der Waals surface area contributed by atoms with Crippen molar-refractivity contribution in [2.24, 2.45) is 5.92 Å². The lowest BCUT2D eigenvalue weighted by molar-refractivity contribution is -0.114. The average Bonchev–Trinajstić information content (AvgIpc) is 3.11. The maximum absolute atomic E-state index is 13.3. The first kappa shape index (κ1) is 16.4. The van der Waals surface area contributed by atoms with Gasteiger partial charge in [-0.05, 0) is 54.3 Å². The van der Waals surface area contributed by atoms with E-state index in [2.05, 4.69) is 17.2 Å². The number of anilines is 1. The Morgan fingerprint density at radius 1 is 1.23 bits per heavy atom. The third kappa shape index (κ3) is 2.98. The maximum Gasteiger partial charge on any atom is 0.222 e. The number of aromatic nitrogens is 3. The number of nitrogens with one attached hydrogen (secondary N) is 1. The van der Waals surface area contributed by atoms with Gasteiger partial charge in [0.1, 0.15) is 17.3 Å².